The second-order valence-corrected chi connectivity index (χ2v) is 7.05. The molecule has 0 saturated carbocycles. The van der Waals surface area contributed by atoms with Crippen molar-refractivity contribution >= 4 is 29.0 Å². The topological polar surface area (TPSA) is 44.8 Å². The van der Waals surface area contributed by atoms with Gasteiger partial charge in [-0.2, -0.15) is 0 Å². The van der Waals surface area contributed by atoms with Gasteiger partial charge in [-0.15, -0.1) is 11.3 Å². The molecule has 2 rings (SSSR count). The molecule has 0 unspecified atom stereocenters. The Labute approximate surface area is 141 Å². The van der Waals surface area contributed by atoms with Gasteiger partial charge < -0.3 is 15.0 Å². The fraction of sp³-hybridized carbons (Fsp3) is 0.667. The number of rotatable bonds is 7. The Morgan fingerprint density at radius 1 is 1.36 bits per heavy atom. The van der Waals surface area contributed by atoms with E-state index in [9.17, 15) is 4.79 Å². The molecular formula is C15H24ClN3O2S. The summed E-state index contributed by atoms with van der Waals surface area (Å²) in [4.78, 5) is 17.6. The Morgan fingerprint density at radius 2 is 2.14 bits per heavy atom. The lowest BCUT2D eigenvalue weighted by Gasteiger charge is -2.34. The summed E-state index contributed by atoms with van der Waals surface area (Å²) >= 11 is 7.58. The Morgan fingerprint density at radius 3 is 2.77 bits per heavy atom. The van der Waals surface area contributed by atoms with Gasteiger partial charge in [-0.1, -0.05) is 11.6 Å². The number of ether oxygens (including phenoxy) is 1. The molecule has 0 bridgehead atoms. The van der Waals surface area contributed by atoms with E-state index < -0.39 is 0 Å². The smallest absolute Gasteiger partial charge is 0.317 e. The van der Waals surface area contributed by atoms with Crippen LogP contribution in [0.25, 0.3) is 0 Å². The van der Waals surface area contributed by atoms with Crippen LogP contribution in [0.1, 0.15) is 18.2 Å². The van der Waals surface area contributed by atoms with Gasteiger partial charge in [0.05, 0.1) is 4.34 Å². The minimum Gasteiger partial charge on any atom is -0.382 e. The molecule has 1 aromatic heterocycles. The van der Waals surface area contributed by atoms with Gasteiger partial charge in [-0.3, -0.25) is 4.90 Å². The van der Waals surface area contributed by atoms with Crippen LogP contribution in [0.3, 0.4) is 0 Å². The molecule has 22 heavy (non-hydrogen) atoms. The van der Waals surface area contributed by atoms with E-state index in [1.165, 1.54) is 4.88 Å². The Bertz CT molecular complexity index is 461. The molecule has 0 radical (unpaired) electrons. The highest BCUT2D eigenvalue weighted by atomic mass is 35.5. The number of halogens is 1. The third-order valence-electron chi connectivity index (χ3n) is 3.61. The molecule has 7 heteroatoms. The minimum absolute atomic E-state index is 0.0373. The Balaban J connectivity index is 1.62. The Hall–Kier alpha value is -0.820. The SMILES string of the molecule is CCOCCCNC(=O)N1CCN(Cc2ccc(Cl)s2)CC1. The summed E-state index contributed by atoms with van der Waals surface area (Å²) in [5.74, 6) is 0. The molecule has 1 N–H and O–H groups in total. The van der Waals surface area contributed by atoms with Gasteiger partial charge in [0.1, 0.15) is 0 Å². The predicted octanol–water partition coefficient (Wildman–Crippen LogP) is 2.66. The zero-order valence-electron chi connectivity index (χ0n) is 13.0. The van der Waals surface area contributed by atoms with Crippen molar-refractivity contribution in [3.63, 3.8) is 0 Å². The molecule has 124 valence electrons. The van der Waals surface area contributed by atoms with E-state index in [1.54, 1.807) is 11.3 Å². The van der Waals surface area contributed by atoms with Crippen LogP contribution in [0.2, 0.25) is 4.34 Å². The number of nitrogens with zero attached hydrogens (tertiary/aromatic N) is 2. The van der Waals surface area contributed by atoms with E-state index in [1.807, 2.05) is 17.9 Å². The lowest BCUT2D eigenvalue weighted by molar-refractivity contribution is 0.131. The second-order valence-electron chi connectivity index (χ2n) is 5.25. The lowest BCUT2D eigenvalue weighted by Crippen LogP contribution is -2.51. The number of hydrogen-bond donors (Lipinski definition) is 1. The van der Waals surface area contributed by atoms with Crippen molar-refractivity contribution in [2.45, 2.75) is 19.9 Å². The van der Waals surface area contributed by atoms with Crippen LogP contribution in [0, 0.1) is 0 Å². The molecule has 1 aliphatic rings. The molecule has 1 saturated heterocycles. The van der Waals surface area contributed by atoms with Crippen LogP contribution in [0.15, 0.2) is 12.1 Å². The average molecular weight is 346 g/mol. The molecule has 1 aromatic rings. The van der Waals surface area contributed by atoms with Crippen LogP contribution >= 0.6 is 22.9 Å². The maximum Gasteiger partial charge on any atom is 0.317 e. The van der Waals surface area contributed by atoms with Crippen molar-refractivity contribution in [1.29, 1.82) is 0 Å². The Kier molecular flexibility index (Phi) is 7.45. The largest absolute Gasteiger partial charge is 0.382 e. The highest BCUT2D eigenvalue weighted by molar-refractivity contribution is 7.16. The quantitative estimate of drug-likeness (QED) is 0.773. The maximum atomic E-state index is 12.0. The van der Waals surface area contributed by atoms with Crippen LogP contribution in [0.5, 0.6) is 0 Å². The molecule has 2 heterocycles. The summed E-state index contributed by atoms with van der Waals surface area (Å²) < 4.78 is 6.09. The van der Waals surface area contributed by atoms with Crippen LogP contribution in [0.4, 0.5) is 4.79 Å². The van der Waals surface area contributed by atoms with Crippen molar-refractivity contribution in [2.24, 2.45) is 0 Å². The molecule has 1 aliphatic heterocycles. The molecule has 0 aromatic carbocycles. The summed E-state index contributed by atoms with van der Waals surface area (Å²) in [5, 5.41) is 2.95. The van der Waals surface area contributed by atoms with Crippen molar-refractivity contribution < 1.29 is 9.53 Å². The number of amides is 2. The number of urea groups is 1. The van der Waals surface area contributed by atoms with Gasteiger partial charge in [-0.05, 0) is 25.5 Å². The lowest BCUT2D eigenvalue weighted by atomic mass is 10.3. The fourth-order valence-electron chi connectivity index (χ4n) is 2.39. The van der Waals surface area contributed by atoms with E-state index in [2.05, 4.69) is 16.3 Å². The van der Waals surface area contributed by atoms with Crippen molar-refractivity contribution in [2.75, 3.05) is 45.9 Å². The second kappa shape index (κ2) is 9.35. The first-order valence-electron chi connectivity index (χ1n) is 7.76. The summed E-state index contributed by atoms with van der Waals surface area (Å²) in [5.41, 5.74) is 0. The number of hydrogen-bond acceptors (Lipinski definition) is 4. The van der Waals surface area contributed by atoms with E-state index in [4.69, 9.17) is 16.3 Å². The van der Waals surface area contributed by atoms with E-state index >= 15 is 0 Å². The number of carbonyl (C=O) groups is 1. The number of carbonyl (C=O) groups excluding carboxylic acids is 1. The summed E-state index contributed by atoms with van der Waals surface area (Å²) in [6.45, 7) is 8.35. The van der Waals surface area contributed by atoms with Crippen LogP contribution < -0.4 is 5.32 Å². The highest BCUT2D eigenvalue weighted by Crippen LogP contribution is 2.23. The van der Waals surface area contributed by atoms with Crippen LogP contribution in [-0.2, 0) is 11.3 Å². The maximum absolute atomic E-state index is 12.0. The third-order valence-corrected chi connectivity index (χ3v) is 4.83. The van der Waals surface area contributed by atoms with Gasteiger partial charge >= 0.3 is 6.03 Å². The summed E-state index contributed by atoms with van der Waals surface area (Å²) in [6.07, 6.45) is 0.860. The fourth-order valence-corrected chi connectivity index (χ4v) is 3.52. The number of piperazine rings is 1. The predicted molar refractivity (Wildman–Crippen MR) is 90.7 cm³/mol. The van der Waals surface area contributed by atoms with Crippen molar-refractivity contribution in [1.82, 2.24) is 15.1 Å². The van der Waals surface area contributed by atoms with Crippen molar-refractivity contribution in [3.05, 3.63) is 21.3 Å². The number of thiophene rings is 1. The van der Waals surface area contributed by atoms with Crippen molar-refractivity contribution in [3.8, 4) is 0 Å². The van der Waals surface area contributed by atoms with Gasteiger partial charge in [-0.25, -0.2) is 4.79 Å². The van der Waals surface area contributed by atoms with E-state index in [-0.39, 0.29) is 6.03 Å². The molecule has 1 fully saturated rings. The zero-order valence-corrected chi connectivity index (χ0v) is 14.6. The standard InChI is InChI=1S/C15H24ClN3O2S/c1-2-21-11-3-6-17-15(20)19-9-7-18(8-10-19)12-13-4-5-14(16)22-13/h4-5H,2-3,6-12H2,1H3,(H,17,20). The number of nitrogens with one attached hydrogen (secondary N) is 1. The summed E-state index contributed by atoms with van der Waals surface area (Å²) in [6, 6.07) is 4.05. The molecule has 0 spiro atoms. The molecule has 0 atom stereocenters. The molecule has 0 aliphatic carbocycles. The first-order chi connectivity index (χ1) is 10.7. The van der Waals surface area contributed by atoms with Gasteiger partial charge in [0.2, 0.25) is 0 Å². The van der Waals surface area contributed by atoms with E-state index in [0.717, 1.165) is 50.1 Å². The normalized spacial score (nSPS) is 16.0. The van der Waals surface area contributed by atoms with Gasteiger partial charge in [0.25, 0.3) is 0 Å². The molecular weight excluding hydrogens is 322 g/mol. The summed E-state index contributed by atoms with van der Waals surface area (Å²) in [7, 11) is 0. The average Bonchev–Trinajstić information content (AvgIpc) is 2.93. The zero-order chi connectivity index (χ0) is 15.8. The van der Waals surface area contributed by atoms with E-state index in [0.29, 0.717) is 13.2 Å². The van der Waals surface area contributed by atoms with Crippen LogP contribution in [-0.4, -0.2) is 61.8 Å². The minimum atomic E-state index is 0.0373. The highest BCUT2D eigenvalue weighted by Gasteiger charge is 2.21. The first-order valence-corrected chi connectivity index (χ1v) is 8.95. The van der Waals surface area contributed by atoms with Gasteiger partial charge in [0, 0.05) is 57.4 Å². The van der Waals surface area contributed by atoms with Gasteiger partial charge in [0.15, 0.2) is 0 Å². The third kappa shape index (κ3) is 5.76. The molecule has 2 amide bonds. The first kappa shape index (κ1) is 17.5. The monoisotopic (exact) mass is 345 g/mol. The molecule has 5 nitrogen and oxygen atoms in total.